The summed E-state index contributed by atoms with van der Waals surface area (Å²) in [5.41, 5.74) is 2.33. The summed E-state index contributed by atoms with van der Waals surface area (Å²) in [6, 6.07) is 22.4. The number of anilines is 2. The van der Waals surface area contributed by atoms with Gasteiger partial charge in [-0.1, -0.05) is 70.5 Å². The number of amides is 2. The van der Waals surface area contributed by atoms with E-state index in [1.165, 1.54) is 6.92 Å². The summed E-state index contributed by atoms with van der Waals surface area (Å²) in [7, 11) is -3.38. The van der Waals surface area contributed by atoms with Crippen LogP contribution < -0.4 is 10.2 Å². The zero-order valence-electron chi connectivity index (χ0n) is 27.9. The van der Waals surface area contributed by atoms with Crippen molar-refractivity contribution < 1.29 is 28.6 Å². The van der Waals surface area contributed by atoms with Crippen LogP contribution in [0.3, 0.4) is 0 Å². The van der Waals surface area contributed by atoms with Crippen molar-refractivity contribution in [3.63, 3.8) is 0 Å². The number of ether oxygens (including phenoxy) is 1. The first kappa shape index (κ1) is 35.1. The molecule has 1 aromatic heterocycles. The first-order valence-electron chi connectivity index (χ1n) is 16.5. The number of rotatable bonds is 11. The van der Waals surface area contributed by atoms with Gasteiger partial charge in [0.15, 0.2) is 5.60 Å². The number of benzene rings is 3. The second-order valence-corrected chi connectivity index (χ2v) is 18.2. The van der Waals surface area contributed by atoms with Gasteiger partial charge in [0.2, 0.25) is 8.41 Å². The van der Waals surface area contributed by atoms with Gasteiger partial charge in [-0.2, -0.15) is 0 Å². The Balaban J connectivity index is 1.28. The van der Waals surface area contributed by atoms with E-state index in [1.807, 2.05) is 67.7 Å². The number of aliphatic hydroxyl groups is 2. The molecule has 2 amide bonds. The van der Waals surface area contributed by atoms with Gasteiger partial charge < -0.3 is 29.3 Å². The number of aliphatic hydroxyl groups excluding tert-OH is 2. The molecule has 6 atom stereocenters. The van der Waals surface area contributed by atoms with Crippen LogP contribution in [0.4, 0.5) is 15.5 Å². The van der Waals surface area contributed by atoms with E-state index in [2.05, 4.69) is 31.6 Å². The Kier molecular flexibility index (Phi) is 9.93. The van der Waals surface area contributed by atoms with E-state index in [9.17, 15) is 19.8 Å². The van der Waals surface area contributed by atoms with Crippen molar-refractivity contribution in [3.8, 4) is 0 Å². The van der Waals surface area contributed by atoms with Crippen LogP contribution in [0.25, 0.3) is 0 Å². The van der Waals surface area contributed by atoms with Gasteiger partial charge in [0.25, 0.3) is 11.8 Å². The monoisotopic (exact) mass is 749 g/mol. The van der Waals surface area contributed by atoms with E-state index >= 15 is 4.11 Å². The van der Waals surface area contributed by atoms with Gasteiger partial charge >= 0.3 is 0 Å². The second-order valence-electron chi connectivity index (χ2n) is 13.5. The topological polar surface area (TPSA) is 130 Å². The number of aryl methyl sites for hydroxylation is 1. The molecule has 49 heavy (non-hydrogen) atoms. The summed E-state index contributed by atoms with van der Waals surface area (Å²) in [4.78, 5) is 28.5. The Morgan fingerprint density at radius 2 is 1.90 bits per heavy atom. The fourth-order valence-corrected chi connectivity index (χ4v) is 10.4. The van der Waals surface area contributed by atoms with E-state index in [0.717, 1.165) is 15.6 Å². The van der Waals surface area contributed by atoms with E-state index in [0.29, 0.717) is 35.6 Å². The molecule has 0 bridgehead atoms. The maximum atomic E-state index is 16.3. The molecule has 1 fully saturated rings. The SMILES string of the molecule is C[C@H](O)C(=O)Nc1cccc(CN2C(=O)[C@]3(O[C@H](CCn4cc(C(CO)c5ccccc5)nn4)[C@@H]([Si](C)(C)F)[C@@H]3C)c3cc(Br)ccc32)c1. The molecule has 2 aliphatic rings. The van der Waals surface area contributed by atoms with Crippen molar-refractivity contribution in [1.82, 2.24) is 15.0 Å². The maximum Gasteiger partial charge on any atom is 0.264 e. The smallest absolute Gasteiger partial charge is 0.264 e. The molecule has 2 aliphatic heterocycles. The number of fused-ring (bicyclic) bond motifs is 2. The van der Waals surface area contributed by atoms with Crippen LogP contribution in [0.2, 0.25) is 18.6 Å². The summed E-state index contributed by atoms with van der Waals surface area (Å²) < 4.78 is 25.7. The van der Waals surface area contributed by atoms with Crippen LogP contribution in [0.1, 0.15) is 48.6 Å². The fraction of sp³-hybridized carbons (Fsp3) is 0.389. The zero-order valence-corrected chi connectivity index (χ0v) is 30.5. The van der Waals surface area contributed by atoms with E-state index in [-0.39, 0.29) is 25.0 Å². The standard InChI is InChI=1S/C36H41BrFN5O5Si/c1-22-33(49(3,4)38)32(15-16-42-20-30(40-41-42)28(21-44)25-10-6-5-7-11-25)48-36(22)29-18-26(37)13-14-31(29)43(35(36)47)19-24-9-8-12-27(17-24)39-34(46)23(2)45/h5-14,17-18,20,22-23,28,32-33,44-45H,15-16,19,21H2,1-4H3,(H,39,46)/t22-,23-,28?,32+,33-,36+/m0/s1. The molecular formula is C36H41BrFN5O5Si. The molecule has 4 aromatic rings. The minimum absolute atomic E-state index is 0.118. The number of carbonyl (C=O) groups excluding carboxylic acids is 2. The van der Waals surface area contributed by atoms with Crippen LogP contribution in [0.15, 0.2) is 83.5 Å². The molecular weight excluding hydrogens is 709 g/mol. The Labute approximate surface area is 294 Å². The minimum Gasteiger partial charge on any atom is -0.395 e. The van der Waals surface area contributed by atoms with Crippen LogP contribution in [0, 0.1) is 5.92 Å². The van der Waals surface area contributed by atoms with Gasteiger partial charge in [0.1, 0.15) is 6.10 Å². The average Bonchev–Trinajstić information content (AvgIpc) is 3.71. The second kappa shape index (κ2) is 13.9. The van der Waals surface area contributed by atoms with E-state index in [1.54, 1.807) is 40.9 Å². The lowest BCUT2D eigenvalue weighted by atomic mass is 9.82. The van der Waals surface area contributed by atoms with E-state index < -0.39 is 43.6 Å². The lowest BCUT2D eigenvalue weighted by molar-refractivity contribution is -0.146. The van der Waals surface area contributed by atoms with Gasteiger partial charge in [-0.3, -0.25) is 14.3 Å². The normalized spacial score (nSPS) is 23.1. The van der Waals surface area contributed by atoms with Crippen LogP contribution in [-0.2, 0) is 33.0 Å². The Hall–Kier alpha value is -3.75. The number of nitrogens with one attached hydrogen (secondary N) is 1. The number of carbonyl (C=O) groups is 2. The number of halogens is 2. The van der Waals surface area contributed by atoms with Gasteiger partial charge in [0.05, 0.1) is 36.6 Å². The highest BCUT2D eigenvalue weighted by atomic mass is 79.9. The predicted molar refractivity (Wildman–Crippen MR) is 190 cm³/mol. The third-order valence-corrected chi connectivity index (χ3v) is 12.7. The predicted octanol–water partition coefficient (Wildman–Crippen LogP) is 5.90. The van der Waals surface area contributed by atoms with Crippen molar-refractivity contribution in [1.29, 1.82) is 0 Å². The third-order valence-electron chi connectivity index (χ3n) is 9.78. The molecule has 6 rings (SSSR count). The molecule has 1 spiro atoms. The first-order valence-corrected chi connectivity index (χ1v) is 20.2. The Bertz CT molecular complexity index is 1840. The maximum absolute atomic E-state index is 16.3. The highest BCUT2D eigenvalue weighted by Crippen LogP contribution is 2.60. The summed E-state index contributed by atoms with van der Waals surface area (Å²) in [6.45, 7) is 7.14. The lowest BCUT2D eigenvalue weighted by Crippen LogP contribution is -2.45. The molecule has 3 N–H and O–H groups in total. The number of hydrogen-bond donors (Lipinski definition) is 3. The number of aromatic nitrogens is 3. The van der Waals surface area contributed by atoms with Crippen LogP contribution >= 0.6 is 15.9 Å². The van der Waals surface area contributed by atoms with Gasteiger partial charge in [-0.15, -0.1) is 5.10 Å². The van der Waals surface area contributed by atoms with Gasteiger partial charge in [-0.05, 0) is 67.9 Å². The van der Waals surface area contributed by atoms with E-state index in [4.69, 9.17) is 4.74 Å². The summed E-state index contributed by atoms with van der Waals surface area (Å²) >= 11 is 3.59. The highest BCUT2D eigenvalue weighted by Gasteiger charge is 2.66. The molecule has 0 radical (unpaired) electrons. The molecule has 13 heteroatoms. The van der Waals surface area contributed by atoms with Crippen LogP contribution in [-0.4, -0.2) is 64.2 Å². The summed E-state index contributed by atoms with van der Waals surface area (Å²) in [5, 5.41) is 31.1. The van der Waals surface area contributed by atoms with Crippen molar-refractivity contribution in [2.45, 2.75) is 75.7 Å². The van der Waals surface area contributed by atoms with Gasteiger partial charge in [-0.25, -0.2) is 0 Å². The number of nitrogens with zero attached hydrogens (tertiary/aromatic N) is 4. The molecule has 1 saturated heterocycles. The molecule has 10 nitrogen and oxygen atoms in total. The molecule has 0 aliphatic carbocycles. The Morgan fingerprint density at radius 1 is 1.14 bits per heavy atom. The van der Waals surface area contributed by atoms with Crippen LogP contribution in [0.5, 0.6) is 0 Å². The average molecular weight is 751 g/mol. The third kappa shape index (κ3) is 6.74. The largest absolute Gasteiger partial charge is 0.395 e. The molecule has 0 saturated carbocycles. The molecule has 3 aromatic carbocycles. The molecule has 258 valence electrons. The van der Waals surface area contributed by atoms with Gasteiger partial charge in [0, 0.05) is 39.9 Å². The number of hydrogen-bond acceptors (Lipinski definition) is 7. The Morgan fingerprint density at radius 3 is 2.59 bits per heavy atom. The quantitative estimate of drug-likeness (QED) is 0.129. The van der Waals surface area contributed by atoms with Crippen molar-refractivity contribution >= 4 is 47.5 Å². The molecule has 3 heterocycles. The summed E-state index contributed by atoms with van der Waals surface area (Å²) in [6.07, 6.45) is 0.489. The molecule has 1 unspecified atom stereocenters. The van der Waals surface area contributed by atoms with Crippen molar-refractivity contribution in [2.75, 3.05) is 16.8 Å². The highest BCUT2D eigenvalue weighted by molar-refractivity contribution is 9.10. The fourth-order valence-electron chi connectivity index (χ4n) is 7.52. The van der Waals surface area contributed by atoms with Crippen molar-refractivity contribution in [2.24, 2.45) is 5.92 Å². The lowest BCUT2D eigenvalue weighted by Gasteiger charge is -2.31. The first-order chi connectivity index (χ1) is 23.3. The van der Waals surface area contributed by atoms with Crippen molar-refractivity contribution in [3.05, 3.63) is 106 Å². The summed E-state index contributed by atoms with van der Waals surface area (Å²) in [5.74, 6) is -1.57. The zero-order chi connectivity index (χ0) is 35.1. The minimum atomic E-state index is -3.38.